The molecule has 1 aromatic carbocycles. The van der Waals surface area contributed by atoms with Gasteiger partial charge in [-0.2, -0.15) is 0 Å². The fourth-order valence-electron chi connectivity index (χ4n) is 2.05. The largest absolute Gasteiger partial charge is 0.490 e. The van der Waals surface area contributed by atoms with Crippen molar-refractivity contribution < 1.29 is 4.74 Å². The highest BCUT2D eigenvalue weighted by Gasteiger charge is 2.07. The highest BCUT2D eigenvalue weighted by molar-refractivity contribution is 7.11. The normalized spacial score (nSPS) is 11.5. The lowest BCUT2D eigenvalue weighted by atomic mass is 10.3. The summed E-state index contributed by atoms with van der Waals surface area (Å²) < 4.78 is 5.63. The number of thiazole rings is 1. The fraction of sp³-hybridized carbons (Fsp3) is 0.375. The Morgan fingerprint density at radius 3 is 2.75 bits per heavy atom. The van der Waals surface area contributed by atoms with E-state index in [4.69, 9.17) is 27.9 Å². The second-order valence-electron chi connectivity index (χ2n) is 4.99. The third kappa shape index (κ3) is 5.26. The number of aliphatic imine (C=N–C) groups is 1. The number of benzene rings is 1. The maximum Gasteiger partial charge on any atom is 0.191 e. The van der Waals surface area contributed by atoms with Gasteiger partial charge in [-0.3, -0.25) is 4.99 Å². The van der Waals surface area contributed by atoms with E-state index in [-0.39, 0.29) is 0 Å². The predicted molar refractivity (Wildman–Crippen MR) is 102 cm³/mol. The third-order valence-electron chi connectivity index (χ3n) is 3.21. The molecule has 0 saturated carbocycles. The highest BCUT2D eigenvalue weighted by Crippen LogP contribution is 2.31. The number of rotatable bonds is 6. The van der Waals surface area contributed by atoms with Gasteiger partial charge in [-0.1, -0.05) is 29.3 Å². The fourth-order valence-corrected chi connectivity index (χ4v) is 3.27. The predicted octanol–water partition coefficient (Wildman–Crippen LogP) is 3.81. The molecule has 0 radical (unpaired) electrons. The number of hydrogen-bond acceptors (Lipinski definition) is 4. The summed E-state index contributed by atoms with van der Waals surface area (Å²) in [6.07, 6.45) is 0. The summed E-state index contributed by atoms with van der Waals surface area (Å²) in [5.41, 5.74) is 1.05. The van der Waals surface area contributed by atoms with E-state index in [1.54, 1.807) is 36.6 Å². The van der Waals surface area contributed by atoms with Crippen molar-refractivity contribution in [3.63, 3.8) is 0 Å². The molecular formula is C16H20Cl2N4OS. The number of aryl methyl sites for hydroxylation is 2. The van der Waals surface area contributed by atoms with E-state index in [0.29, 0.717) is 41.5 Å². The molecule has 0 spiro atoms. The molecule has 2 aromatic rings. The molecule has 5 nitrogen and oxygen atoms in total. The molecule has 1 aromatic heterocycles. The molecule has 0 atom stereocenters. The van der Waals surface area contributed by atoms with Crippen LogP contribution in [0, 0.1) is 13.8 Å². The van der Waals surface area contributed by atoms with E-state index < -0.39 is 0 Å². The number of nitrogens with one attached hydrogen (secondary N) is 2. The number of halogens is 2. The molecule has 130 valence electrons. The average molecular weight is 387 g/mol. The van der Waals surface area contributed by atoms with Crippen LogP contribution in [0.5, 0.6) is 5.75 Å². The lowest BCUT2D eigenvalue weighted by molar-refractivity contribution is 0.322. The summed E-state index contributed by atoms with van der Waals surface area (Å²) in [4.78, 5) is 9.81. The first-order valence-corrected chi connectivity index (χ1v) is 9.02. The van der Waals surface area contributed by atoms with Crippen molar-refractivity contribution in [3.8, 4) is 5.75 Å². The van der Waals surface area contributed by atoms with Gasteiger partial charge in [0, 0.05) is 11.9 Å². The van der Waals surface area contributed by atoms with Crippen LogP contribution in [-0.2, 0) is 6.54 Å². The number of guanidine groups is 1. The summed E-state index contributed by atoms with van der Waals surface area (Å²) in [6.45, 7) is 5.74. The molecule has 0 aliphatic heterocycles. The van der Waals surface area contributed by atoms with Gasteiger partial charge in [0.15, 0.2) is 5.96 Å². The van der Waals surface area contributed by atoms with Gasteiger partial charge in [0.25, 0.3) is 0 Å². The van der Waals surface area contributed by atoms with Crippen LogP contribution in [0.4, 0.5) is 0 Å². The van der Waals surface area contributed by atoms with Gasteiger partial charge in [-0.25, -0.2) is 4.98 Å². The van der Waals surface area contributed by atoms with Gasteiger partial charge >= 0.3 is 0 Å². The maximum absolute atomic E-state index is 6.08. The molecule has 1 heterocycles. The number of nitrogens with zero attached hydrogens (tertiary/aromatic N) is 2. The molecular weight excluding hydrogens is 367 g/mol. The Morgan fingerprint density at radius 1 is 1.29 bits per heavy atom. The van der Waals surface area contributed by atoms with Crippen molar-refractivity contribution in [1.29, 1.82) is 0 Å². The lowest BCUT2D eigenvalue weighted by Gasteiger charge is -2.13. The highest BCUT2D eigenvalue weighted by atomic mass is 35.5. The van der Waals surface area contributed by atoms with Gasteiger partial charge in [-0.05, 0) is 26.0 Å². The van der Waals surface area contributed by atoms with E-state index in [0.717, 1.165) is 10.7 Å². The molecule has 0 aliphatic rings. The zero-order valence-corrected chi connectivity index (χ0v) is 16.1. The Balaban J connectivity index is 1.76. The zero-order chi connectivity index (χ0) is 17.5. The topological polar surface area (TPSA) is 58.5 Å². The van der Waals surface area contributed by atoms with E-state index in [9.17, 15) is 0 Å². The van der Waals surface area contributed by atoms with Gasteiger partial charge in [0.2, 0.25) is 0 Å². The Kier molecular flexibility index (Phi) is 7.15. The van der Waals surface area contributed by atoms with Gasteiger partial charge in [0.1, 0.15) is 17.4 Å². The van der Waals surface area contributed by atoms with Crippen molar-refractivity contribution in [2.75, 3.05) is 20.2 Å². The zero-order valence-electron chi connectivity index (χ0n) is 13.8. The molecule has 8 heteroatoms. The lowest BCUT2D eigenvalue weighted by Crippen LogP contribution is -2.38. The van der Waals surface area contributed by atoms with Crippen LogP contribution in [0.1, 0.15) is 15.6 Å². The van der Waals surface area contributed by atoms with Crippen molar-refractivity contribution in [2.45, 2.75) is 20.4 Å². The quantitative estimate of drug-likeness (QED) is 0.450. The SMILES string of the molecule is CN=C(NCCOc1cccc(Cl)c1Cl)NCc1sc(C)nc1C. The Hall–Kier alpha value is -1.50. The van der Waals surface area contributed by atoms with Gasteiger partial charge < -0.3 is 15.4 Å². The molecule has 0 fully saturated rings. The van der Waals surface area contributed by atoms with Gasteiger partial charge in [0.05, 0.1) is 28.8 Å². The maximum atomic E-state index is 6.08. The minimum Gasteiger partial charge on any atom is -0.490 e. The second kappa shape index (κ2) is 9.11. The van der Waals surface area contributed by atoms with Crippen LogP contribution in [0.15, 0.2) is 23.2 Å². The number of ether oxygens (including phenoxy) is 1. The summed E-state index contributed by atoms with van der Waals surface area (Å²) >= 11 is 13.7. The smallest absolute Gasteiger partial charge is 0.191 e. The Morgan fingerprint density at radius 2 is 2.08 bits per heavy atom. The van der Waals surface area contributed by atoms with Crippen LogP contribution >= 0.6 is 34.5 Å². The van der Waals surface area contributed by atoms with Crippen LogP contribution in [0.25, 0.3) is 0 Å². The molecule has 0 bridgehead atoms. The Labute approximate surface area is 156 Å². The first-order valence-electron chi connectivity index (χ1n) is 7.45. The van der Waals surface area contributed by atoms with Crippen molar-refractivity contribution >= 4 is 40.5 Å². The minimum absolute atomic E-state index is 0.428. The molecule has 24 heavy (non-hydrogen) atoms. The number of hydrogen-bond donors (Lipinski definition) is 2. The van der Waals surface area contributed by atoms with E-state index in [2.05, 4.69) is 20.6 Å². The summed E-state index contributed by atoms with van der Waals surface area (Å²) in [5.74, 6) is 1.28. The molecule has 2 rings (SSSR count). The molecule has 0 unspecified atom stereocenters. The van der Waals surface area contributed by atoms with Crippen LogP contribution in [0.2, 0.25) is 10.0 Å². The molecule has 0 aliphatic carbocycles. The molecule has 2 N–H and O–H groups in total. The minimum atomic E-state index is 0.428. The van der Waals surface area contributed by atoms with Crippen LogP contribution < -0.4 is 15.4 Å². The van der Waals surface area contributed by atoms with Crippen LogP contribution in [0.3, 0.4) is 0 Å². The summed E-state index contributed by atoms with van der Waals surface area (Å²) in [7, 11) is 1.73. The van der Waals surface area contributed by atoms with E-state index in [1.807, 2.05) is 13.8 Å². The average Bonchev–Trinajstić information content (AvgIpc) is 2.88. The van der Waals surface area contributed by atoms with Crippen molar-refractivity contribution in [3.05, 3.63) is 43.8 Å². The summed E-state index contributed by atoms with van der Waals surface area (Å²) in [6, 6.07) is 5.32. The van der Waals surface area contributed by atoms with Crippen molar-refractivity contribution in [1.82, 2.24) is 15.6 Å². The first-order chi connectivity index (χ1) is 11.5. The number of aromatic nitrogens is 1. The summed E-state index contributed by atoms with van der Waals surface area (Å²) in [5, 5.41) is 8.44. The van der Waals surface area contributed by atoms with E-state index in [1.165, 1.54) is 4.88 Å². The van der Waals surface area contributed by atoms with Crippen LogP contribution in [-0.4, -0.2) is 31.1 Å². The van der Waals surface area contributed by atoms with E-state index >= 15 is 0 Å². The first kappa shape index (κ1) is 18.8. The standard InChI is InChI=1S/C16H20Cl2N4OS/c1-10-14(24-11(2)22-10)9-21-16(19-3)20-7-8-23-13-6-4-5-12(17)15(13)18/h4-6H,7-9H2,1-3H3,(H2,19,20,21). The Bertz CT molecular complexity index is 718. The third-order valence-corrected chi connectivity index (χ3v) is 5.08. The van der Waals surface area contributed by atoms with Gasteiger partial charge in [-0.15, -0.1) is 11.3 Å². The molecule has 0 amide bonds. The second-order valence-corrected chi connectivity index (χ2v) is 7.07. The monoisotopic (exact) mass is 386 g/mol. The van der Waals surface area contributed by atoms with Crippen molar-refractivity contribution in [2.24, 2.45) is 4.99 Å². The molecule has 0 saturated heterocycles.